The van der Waals surface area contributed by atoms with Gasteiger partial charge in [-0.15, -0.1) is 0 Å². The molecular formula is C16H16N4. The number of nitrogens with zero attached hydrogens (tertiary/aromatic N) is 3. The van der Waals surface area contributed by atoms with E-state index in [1.807, 2.05) is 47.5 Å². The normalized spacial score (nSPS) is 10.4. The van der Waals surface area contributed by atoms with E-state index in [2.05, 4.69) is 33.6 Å². The van der Waals surface area contributed by atoms with Gasteiger partial charge in [0.1, 0.15) is 0 Å². The minimum absolute atomic E-state index is 0.770. The molecule has 1 N–H and O–H groups in total. The van der Waals surface area contributed by atoms with Crippen LogP contribution >= 0.6 is 0 Å². The van der Waals surface area contributed by atoms with Gasteiger partial charge in [-0.2, -0.15) is 5.10 Å². The maximum absolute atomic E-state index is 4.25. The summed E-state index contributed by atoms with van der Waals surface area (Å²) in [6.45, 7) is 1.56. The molecule has 0 aliphatic heterocycles. The number of rotatable bonds is 5. The lowest BCUT2D eigenvalue weighted by Gasteiger charge is -2.12. The molecule has 100 valence electrons. The van der Waals surface area contributed by atoms with Crippen LogP contribution in [-0.2, 0) is 13.1 Å². The second-order valence-corrected chi connectivity index (χ2v) is 4.57. The summed E-state index contributed by atoms with van der Waals surface area (Å²) in [5.74, 6) is 0. The first-order chi connectivity index (χ1) is 9.92. The maximum Gasteiger partial charge on any atom is 0.0679 e. The molecule has 0 atom stereocenters. The first-order valence-electron chi connectivity index (χ1n) is 6.60. The second kappa shape index (κ2) is 6.02. The number of hydrogen-bond donors (Lipinski definition) is 1. The molecule has 0 fully saturated rings. The van der Waals surface area contributed by atoms with Crippen molar-refractivity contribution in [3.05, 3.63) is 78.4 Å². The van der Waals surface area contributed by atoms with Crippen LogP contribution < -0.4 is 5.32 Å². The van der Waals surface area contributed by atoms with E-state index < -0.39 is 0 Å². The van der Waals surface area contributed by atoms with E-state index in [0.717, 1.165) is 18.8 Å². The quantitative estimate of drug-likeness (QED) is 0.770. The lowest BCUT2D eigenvalue weighted by atomic mass is 10.1. The highest BCUT2D eigenvalue weighted by Crippen LogP contribution is 2.17. The molecule has 2 heterocycles. The van der Waals surface area contributed by atoms with Crippen LogP contribution in [0.4, 0.5) is 5.69 Å². The zero-order valence-electron chi connectivity index (χ0n) is 11.1. The van der Waals surface area contributed by atoms with Gasteiger partial charge in [-0.3, -0.25) is 9.67 Å². The topological polar surface area (TPSA) is 42.7 Å². The third kappa shape index (κ3) is 3.03. The number of pyridine rings is 1. The molecule has 3 aromatic rings. The molecule has 0 radical (unpaired) electrons. The van der Waals surface area contributed by atoms with Crippen LogP contribution in [0.2, 0.25) is 0 Å². The lowest BCUT2D eigenvalue weighted by molar-refractivity contribution is 0.687. The van der Waals surface area contributed by atoms with Crippen LogP contribution in [0.15, 0.2) is 67.3 Å². The summed E-state index contributed by atoms with van der Waals surface area (Å²) in [6.07, 6.45) is 7.39. The van der Waals surface area contributed by atoms with Crippen molar-refractivity contribution < 1.29 is 0 Å². The first-order valence-corrected chi connectivity index (χ1v) is 6.60. The molecule has 4 nitrogen and oxygen atoms in total. The zero-order chi connectivity index (χ0) is 13.6. The standard InChI is InChI=1S/C16H16N4/c1-2-5-16(18-12-14-6-9-17-10-7-14)15(4-1)13-20-11-3-8-19-20/h1-11,18H,12-13H2. The molecule has 3 rings (SSSR count). The van der Waals surface area contributed by atoms with E-state index >= 15 is 0 Å². The SMILES string of the molecule is c1ccc(NCc2ccncc2)c(Cn2cccn2)c1. The summed E-state index contributed by atoms with van der Waals surface area (Å²) in [4.78, 5) is 4.03. The van der Waals surface area contributed by atoms with Gasteiger partial charge in [-0.05, 0) is 35.4 Å². The molecule has 0 aliphatic rings. The predicted molar refractivity (Wildman–Crippen MR) is 79.3 cm³/mol. The van der Waals surface area contributed by atoms with Crippen molar-refractivity contribution in [1.82, 2.24) is 14.8 Å². The smallest absolute Gasteiger partial charge is 0.0679 e. The van der Waals surface area contributed by atoms with E-state index in [4.69, 9.17) is 0 Å². The fourth-order valence-electron chi connectivity index (χ4n) is 2.10. The Labute approximate surface area is 118 Å². The second-order valence-electron chi connectivity index (χ2n) is 4.57. The van der Waals surface area contributed by atoms with Gasteiger partial charge in [0.2, 0.25) is 0 Å². The molecular weight excluding hydrogens is 248 g/mol. The number of para-hydroxylation sites is 1. The Bertz CT molecular complexity index is 647. The summed E-state index contributed by atoms with van der Waals surface area (Å²) < 4.78 is 1.92. The Kier molecular flexibility index (Phi) is 3.73. The van der Waals surface area contributed by atoms with Crippen molar-refractivity contribution in [3.8, 4) is 0 Å². The zero-order valence-corrected chi connectivity index (χ0v) is 11.1. The molecule has 0 unspecified atom stereocenters. The third-order valence-electron chi connectivity index (χ3n) is 3.14. The van der Waals surface area contributed by atoms with Crippen molar-refractivity contribution in [2.45, 2.75) is 13.1 Å². The Morgan fingerprint density at radius 1 is 0.950 bits per heavy atom. The number of hydrogen-bond acceptors (Lipinski definition) is 3. The summed E-state index contributed by atoms with van der Waals surface area (Å²) in [5.41, 5.74) is 3.58. The van der Waals surface area contributed by atoms with Crippen LogP contribution in [0.1, 0.15) is 11.1 Å². The van der Waals surface area contributed by atoms with Crippen LogP contribution in [-0.4, -0.2) is 14.8 Å². The molecule has 0 spiro atoms. The number of nitrogens with one attached hydrogen (secondary N) is 1. The highest BCUT2D eigenvalue weighted by molar-refractivity contribution is 5.51. The molecule has 4 heteroatoms. The van der Waals surface area contributed by atoms with E-state index in [9.17, 15) is 0 Å². The number of benzene rings is 1. The number of anilines is 1. The maximum atomic E-state index is 4.25. The largest absolute Gasteiger partial charge is 0.381 e. The van der Waals surface area contributed by atoms with Crippen molar-refractivity contribution in [2.24, 2.45) is 0 Å². The molecule has 0 saturated carbocycles. The third-order valence-corrected chi connectivity index (χ3v) is 3.14. The molecule has 0 saturated heterocycles. The van der Waals surface area contributed by atoms with Crippen molar-refractivity contribution in [2.75, 3.05) is 5.32 Å². The van der Waals surface area contributed by atoms with Crippen molar-refractivity contribution in [3.63, 3.8) is 0 Å². The van der Waals surface area contributed by atoms with E-state index in [-0.39, 0.29) is 0 Å². The van der Waals surface area contributed by atoms with E-state index in [0.29, 0.717) is 0 Å². The van der Waals surface area contributed by atoms with Gasteiger partial charge in [0, 0.05) is 37.0 Å². The fraction of sp³-hybridized carbons (Fsp3) is 0.125. The monoisotopic (exact) mass is 264 g/mol. The van der Waals surface area contributed by atoms with Crippen LogP contribution in [0.25, 0.3) is 0 Å². The van der Waals surface area contributed by atoms with E-state index in [1.165, 1.54) is 11.1 Å². The minimum Gasteiger partial charge on any atom is -0.381 e. The Hall–Kier alpha value is -2.62. The molecule has 0 amide bonds. The molecule has 0 bridgehead atoms. The Morgan fingerprint density at radius 2 is 1.80 bits per heavy atom. The minimum atomic E-state index is 0.770. The molecule has 1 aromatic carbocycles. The highest BCUT2D eigenvalue weighted by Gasteiger charge is 2.02. The van der Waals surface area contributed by atoms with Gasteiger partial charge < -0.3 is 5.32 Å². The summed E-state index contributed by atoms with van der Waals surface area (Å²) in [5, 5.41) is 7.72. The summed E-state index contributed by atoms with van der Waals surface area (Å²) in [7, 11) is 0. The average Bonchev–Trinajstić information content (AvgIpc) is 3.00. The Balaban J connectivity index is 1.73. The number of aromatic nitrogens is 3. The molecule has 20 heavy (non-hydrogen) atoms. The highest BCUT2D eigenvalue weighted by atomic mass is 15.3. The van der Waals surface area contributed by atoms with Gasteiger partial charge in [-0.1, -0.05) is 18.2 Å². The van der Waals surface area contributed by atoms with Crippen molar-refractivity contribution in [1.29, 1.82) is 0 Å². The van der Waals surface area contributed by atoms with Crippen LogP contribution in [0, 0.1) is 0 Å². The Morgan fingerprint density at radius 3 is 2.60 bits per heavy atom. The van der Waals surface area contributed by atoms with Gasteiger partial charge in [0.25, 0.3) is 0 Å². The summed E-state index contributed by atoms with van der Waals surface area (Å²) in [6, 6.07) is 14.3. The fourth-order valence-corrected chi connectivity index (χ4v) is 2.10. The van der Waals surface area contributed by atoms with Gasteiger partial charge in [-0.25, -0.2) is 0 Å². The molecule has 0 aliphatic carbocycles. The summed E-state index contributed by atoms with van der Waals surface area (Å²) >= 11 is 0. The van der Waals surface area contributed by atoms with Gasteiger partial charge in [0.05, 0.1) is 6.54 Å². The van der Waals surface area contributed by atoms with E-state index in [1.54, 1.807) is 6.20 Å². The molecule has 2 aromatic heterocycles. The predicted octanol–water partition coefficient (Wildman–Crippen LogP) is 2.94. The van der Waals surface area contributed by atoms with Crippen molar-refractivity contribution >= 4 is 5.69 Å². The van der Waals surface area contributed by atoms with Gasteiger partial charge >= 0.3 is 0 Å². The van der Waals surface area contributed by atoms with Gasteiger partial charge in [0.15, 0.2) is 0 Å². The van der Waals surface area contributed by atoms with Crippen LogP contribution in [0.3, 0.4) is 0 Å². The lowest BCUT2D eigenvalue weighted by Crippen LogP contribution is -2.06. The average molecular weight is 264 g/mol. The first kappa shape index (κ1) is 12.4. The van der Waals surface area contributed by atoms with Crippen LogP contribution in [0.5, 0.6) is 0 Å².